The van der Waals surface area contributed by atoms with Crippen molar-refractivity contribution in [1.82, 2.24) is 15.1 Å². The molecule has 0 radical (unpaired) electrons. The number of nitrogens with one attached hydrogen (secondary N) is 1. The minimum atomic E-state index is -0.354. The molecular weight excluding hydrogens is 294 g/mol. The molecule has 1 amide bonds. The van der Waals surface area contributed by atoms with Crippen LogP contribution in [-0.2, 0) is 9.47 Å². The zero-order valence-electron chi connectivity index (χ0n) is 13.2. The first kappa shape index (κ1) is 14.7. The van der Waals surface area contributed by atoms with E-state index in [-0.39, 0.29) is 17.6 Å². The molecule has 2 aliphatic rings. The summed E-state index contributed by atoms with van der Waals surface area (Å²) in [7, 11) is 0. The average Bonchev–Trinajstić information content (AvgIpc) is 3.02. The van der Waals surface area contributed by atoms with Gasteiger partial charge in [0.25, 0.3) is 5.91 Å². The predicted molar refractivity (Wildman–Crippen MR) is 85.3 cm³/mol. The van der Waals surface area contributed by atoms with Gasteiger partial charge < -0.3 is 14.4 Å². The highest BCUT2D eigenvalue weighted by Crippen LogP contribution is 2.31. The first-order valence-corrected chi connectivity index (χ1v) is 8.14. The highest BCUT2D eigenvalue weighted by Gasteiger charge is 2.42. The Bertz CT molecular complexity index is 721. The van der Waals surface area contributed by atoms with Gasteiger partial charge in [0.15, 0.2) is 0 Å². The van der Waals surface area contributed by atoms with Gasteiger partial charge in [-0.15, -0.1) is 0 Å². The number of rotatable bonds is 1. The van der Waals surface area contributed by atoms with Crippen LogP contribution in [0.2, 0.25) is 0 Å². The molecule has 2 saturated heterocycles. The minimum absolute atomic E-state index is 0.00960. The van der Waals surface area contributed by atoms with E-state index >= 15 is 0 Å². The van der Waals surface area contributed by atoms with Gasteiger partial charge in [-0.1, -0.05) is 12.1 Å². The molecule has 122 valence electrons. The first-order valence-electron chi connectivity index (χ1n) is 8.14. The third kappa shape index (κ3) is 2.62. The summed E-state index contributed by atoms with van der Waals surface area (Å²) in [5.41, 5.74) is 1.11. The highest BCUT2D eigenvalue weighted by molar-refractivity contribution is 6.05. The molecule has 0 bridgehead atoms. The fourth-order valence-electron chi connectivity index (χ4n) is 3.74. The molecular formula is C17H21N3O3. The Balaban J connectivity index is 1.63. The number of carbonyl (C=O) groups is 1. The lowest BCUT2D eigenvalue weighted by Crippen LogP contribution is -2.59. The van der Waals surface area contributed by atoms with E-state index < -0.39 is 0 Å². The molecule has 23 heavy (non-hydrogen) atoms. The molecule has 3 heterocycles. The quantitative estimate of drug-likeness (QED) is 0.874. The van der Waals surface area contributed by atoms with Gasteiger partial charge in [0, 0.05) is 18.5 Å². The van der Waals surface area contributed by atoms with Crippen molar-refractivity contribution in [2.45, 2.75) is 31.5 Å². The molecule has 6 nitrogen and oxygen atoms in total. The van der Waals surface area contributed by atoms with Crippen LogP contribution in [-0.4, -0.2) is 59.0 Å². The van der Waals surface area contributed by atoms with Crippen LogP contribution in [0.1, 0.15) is 30.1 Å². The lowest BCUT2D eigenvalue weighted by atomic mass is 9.93. The maximum Gasteiger partial charge on any atom is 0.256 e. The van der Waals surface area contributed by atoms with Crippen LogP contribution >= 0.6 is 0 Å². The van der Waals surface area contributed by atoms with Gasteiger partial charge in [0.05, 0.1) is 36.5 Å². The van der Waals surface area contributed by atoms with Gasteiger partial charge in [0.1, 0.15) is 5.60 Å². The van der Waals surface area contributed by atoms with Crippen LogP contribution in [0.5, 0.6) is 0 Å². The molecule has 1 spiro atoms. The van der Waals surface area contributed by atoms with E-state index in [1.54, 1.807) is 6.20 Å². The summed E-state index contributed by atoms with van der Waals surface area (Å²) in [5.74, 6) is 0.0277. The average molecular weight is 315 g/mol. The Morgan fingerprint density at radius 3 is 3.22 bits per heavy atom. The number of fused-ring (bicyclic) bond motifs is 1. The number of nitrogens with zero attached hydrogens (tertiary/aromatic N) is 2. The van der Waals surface area contributed by atoms with Crippen molar-refractivity contribution < 1.29 is 14.3 Å². The zero-order chi connectivity index (χ0) is 15.9. The molecule has 2 aliphatic heterocycles. The molecule has 2 unspecified atom stereocenters. The van der Waals surface area contributed by atoms with Crippen molar-refractivity contribution in [3.05, 3.63) is 30.0 Å². The number of carbonyl (C=O) groups excluding carboxylic acids is 1. The number of hydrogen-bond acceptors (Lipinski definition) is 4. The Kier molecular flexibility index (Phi) is 3.58. The summed E-state index contributed by atoms with van der Waals surface area (Å²) in [6.45, 7) is 4.55. The zero-order valence-corrected chi connectivity index (χ0v) is 13.2. The molecule has 1 aromatic carbocycles. The molecule has 1 N–H and O–H groups in total. The number of para-hydroxylation sites is 1. The molecule has 2 atom stereocenters. The second-order valence-corrected chi connectivity index (χ2v) is 6.59. The number of hydrogen-bond donors (Lipinski definition) is 1. The standard InChI is InChI=1S/C17H21N3O3/c1-12-9-20(10-17(23-12)6-3-7-22-11-17)16(21)14-5-2-4-13-8-18-19-15(13)14/h2,4-5,8,12H,3,6-7,9-11H2,1H3,(H,18,19). The van der Waals surface area contributed by atoms with Crippen LogP contribution in [0.3, 0.4) is 0 Å². The second-order valence-electron chi connectivity index (χ2n) is 6.59. The molecule has 0 saturated carbocycles. The van der Waals surface area contributed by atoms with Crippen LogP contribution in [0.15, 0.2) is 24.4 Å². The fraction of sp³-hybridized carbons (Fsp3) is 0.529. The van der Waals surface area contributed by atoms with E-state index in [2.05, 4.69) is 10.2 Å². The molecule has 2 fully saturated rings. The number of aromatic amines is 1. The lowest BCUT2D eigenvalue weighted by Gasteiger charge is -2.47. The summed E-state index contributed by atoms with van der Waals surface area (Å²) >= 11 is 0. The van der Waals surface area contributed by atoms with E-state index in [1.165, 1.54) is 0 Å². The lowest BCUT2D eigenvalue weighted by molar-refractivity contribution is -0.188. The van der Waals surface area contributed by atoms with Crippen molar-refractivity contribution >= 4 is 16.8 Å². The van der Waals surface area contributed by atoms with Crippen LogP contribution in [0, 0.1) is 0 Å². The van der Waals surface area contributed by atoms with E-state index in [0.717, 1.165) is 30.4 Å². The van der Waals surface area contributed by atoms with Crippen LogP contribution in [0.25, 0.3) is 10.9 Å². The van der Waals surface area contributed by atoms with Crippen LogP contribution in [0.4, 0.5) is 0 Å². The Morgan fingerprint density at radius 2 is 2.39 bits per heavy atom. The number of aromatic nitrogens is 2. The van der Waals surface area contributed by atoms with Gasteiger partial charge in [0.2, 0.25) is 0 Å². The van der Waals surface area contributed by atoms with Crippen molar-refractivity contribution in [1.29, 1.82) is 0 Å². The van der Waals surface area contributed by atoms with E-state index in [1.807, 2.05) is 30.0 Å². The number of morpholine rings is 1. The van der Waals surface area contributed by atoms with E-state index in [0.29, 0.717) is 25.3 Å². The van der Waals surface area contributed by atoms with Crippen molar-refractivity contribution in [3.63, 3.8) is 0 Å². The summed E-state index contributed by atoms with van der Waals surface area (Å²) in [5, 5.41) is 7.94. The minimum Gasteiger partial charge on any atom is -0.378 e. The van der Waals surface area contributed by atoms with Gasteiger partial charge in [-0.2, -0.15) is 5.10 Å². The predicted octanol–water partition coefficient (Wildman–Crippen LogP) is 1.97. The van der Waals surface area contributed by atoms with Crippen molar-refractivity contribution in [3.8, 4) is 0 Å². The smallest absolute Gasteiger partial charge is 0.256 e. The summed E-state index contributed by atoms with van der Waals surface area (Å²) in [6, 6.07) is 5.70. The number of H-pyrrole nitrogens is 1. The molecule has 1 aromatic heterocycles. The molecule has 2 aromatic rings. The third-order valence-corrected chi connectivity index (χ3v) is 4.69. The number of benzene rings is 1. The monoisotopic (exact) mass is 315 g/mol. The summed E-state index contributed by atoms with van der Waals surface area (Å²) in [6.07, 6.45) is 3.67. The molecule has 0 aliphatic carbocycles. The summed E-state index contributed by atoms with van der Waals surface area (Å²) in [4.78, 5) is 15.0. The van der Waals surface area contributed by atoms with E-state index in [4.69, 9.17) is 9.47 Å². The fourth-order valence-corrected chi connectivity index (χ4v) is 3.74. The maximum absolute atomic E-state index is 13.1. The van der Waals surface area contributed by atoms with Gasteiger partial charge >= 0.3 is 0 Å². The largest absolute Gasteiger partial charge is 0.378 e. The topological polar surface area (TPSA) is 67.5 Å². The SMILES string of the molecule is CC1CN(C(=O)c2cccc3cn[nH]c23)CC2(CCCOC2)O1. The third-order valence-electron chi connectivity index (χ3n) is 4.69. The van der Waals surface area contributed by atoms with Crippen molar-refractivity contribution in [2.24, 2.45) is 0 Å². The molecule has 4 rings (SSSR count). The van der Waals surface area contributed by atoms with Gasteiger partial charge in [-0.05, 0) is 25.8 Å². The second kappa shape index (κ2) is 5.62. The van der Waals surface area contributed by atoms with Gasteiger partial charge in [-0.3, -0.25) is 9.89 Å². The normalized spacial score (nSPS) is 28.4. The Labute approximate surface area is 134 Å². The summed E-state index contributed by atoms with van der Waals surface area (Å²) < 4.78 is 11.8. The van der Waals surface area contributed by atoms with Crippen molar-refractivity contribution in [2.75, 3.05) is 26.3 Å². The van der Waals surface area contributed by atoms with E-state index in [9.17, 15) is 4.79 Å². The maximum atomic E-state index is 13.1. The Hall–Kier alpha value is -1.92. The Morgan fingerprint density at radius 1 is 1.48 bits per heavy atom. The van der Waals surface area contributed by atoms with Gasteiger partial charge in [-0.25, -0.2) is 0 Å². The number of ether oxygens (including phenoxy) is 2. The first-order chi connectivity index (χ1) is 11.2. The van der Waals surface area contributed by atoms with Crippen LogP contribution < -0.4 is 0 Å². The molecule has 6 heteroatoms. The highest BCUT2D eigenvalue weighted by atomic mass is 16.6. The number of amides is 1.